The van der Waals surface area contributed by atoms with Crippen LogP contribution in [0.4, 0.5) is 0 Å². The molecule has 0 unspecified atom stereocenters. The van der Waals surface area contributed by atoms with E-state index in [1.807, 2.05) is 30.3 Å². The first-order valence-corrected chi connectivity index (χ1v) is 13.1. The molecule has 4 aromatic rings. The number of rotatable bonds is 7. The van der Waals surface area contributed by atoms with E-state index in [0.29, 0.717) is 39.9 Å². The molecule has 5 rings (SSSR count). The predicted molar refractivity (Wildman–Crippen MR) is 148 cm³/mol. The minimum Gasteiger partial charge on any atom is -0.352 e. The SMILES string of the molecule is N#Cc1cc2ccccc2nc1-c1cc(C(=O)NCCC2CCN(Cc3ccccc3)CC2)ccc1Cl. The number of nitrogens with zero attached hydrogens (tertiary/aromatic N) is 3. The molecule has 1 N–H and O–H groups in total. The molecule has 0 spiro atoms. The number of hydrogen-bond donors (Lipinski definition) is 1. The Labute approximate surface area is 222 Å². The maximum absolute atomic E-state index is 13.0. The summed E-state index contributed by atoms with van der Waals surface area (Å²) in [7, 11) is 0. The molecule has 186 valence electrons. The lowest BCUT2D eigenvalue weighted by molar-refractivity contribution is 0.0947. The van der Waals surface area contributed by atoms with Crippen molar-refractivity contribution in [2.24, 2.45) is 5.92 Å². The van der Waals surface area contributed by atoms with Crippen molar-refractivity contribution in [1.82, 2.24) is 15.2 Å². The minimum absolute atomic E-state index is 0.140. The number of carbonyl (C=O) groups is 1. The highest BCUT2D eigenvalue weighted by molar-refractivity contribution is 6.33. The van der Waals surface area contributed by atoms with E-state index in [1.165, 1.54) is 5.56 Å². The van der Waals surface area contributed by atoms with Crippen molar-refractivity contribution in [3.8, 4) is 17.3 Å². The third-order valence-electron chi connectivity index (χ3n) is 7.12. The molecule has 1 aliphatic heterocycles. The van der Waals surface area contributed by atoms with Gasteiger partial charge in [0.05, 0.1) is 21.8 Å². The Balaban J connectivity index is 1.19. The van der Waals surface area contributed by atoms with Crippen LogP contribution in [0.15, 0.2) is 78.9 Å². The van der Waals surface area contributed by atoms with Gasteiger partial charge in [-0.15, -0.1) is 0 Å². The fraction of sp³-hybridized carbons (Fsp3) is 0.258. The van der Waals surface area contributed by atoms with Crippen molar-refractivity contribution < 1.29 is 4.79 Å². The van der Waals surface area contributed by atoms with Crippen LogP contribution in [0.5, 0.6) is 0 Å². The zero-order chi connectivity index (χ0) is 25.6. The molecule has 0 bridgehead atoms. The normalized spacial score (nSPS) is 14.4. The summed E-state index contributed by atoms with van der Waals surface area (Å²) in [6, 6.07) is 27.4. The second-order valence-corrected chi connectivity index (χ2v) is 10.0. The third-order valence-corrected chi connectivity index (χ3v) is 7.45. The number of hydrogen-bond acceptors (Lipinski definition) is 4. The Hall–Kier alpha value is -3.72. The zero-order valence-corrected chi connectivity index (χ0v) is 21.4. The molecule has 0 saturated carbocycles. The number of aromatic nitrogens is 1. The lowest BCUT2D eigenvalue weighted by Gasteiger charge is -2.32. The monoisotopic (exact) mass is 508 g/mol. The van der Waals surface area contributed by atoms with Crippen LogP contribution >= 0.6 is 11.6 Å². The van der Waals surface area contributed by atoms with Crippen molar-refractivity contribution in [2.45, 2.75) is 25.8 Å². The molecule has 37 heavy (non-hydrogen) atoms. The van der Waals surface area contributed by atoms with Crippen molar-refractivity contribution in [3.63, 3.8) is 0 Å². The van der Waals surface area contributed by atoms with Gasteiger partial charge in [-0.1, -0.05) is 60.1 Å². The van der Waals surface area contributed by atoms with Crippen molar-refractivity contribution in [2.75, 3.05) is 19.6 Å². The molecule has 2 heterocycles. The number of nitrogens with one attached hydrogen (secondary N) is 1. The standard InChI is InChI=1S/C31H29ClN4O/c32-28-11-10-25(19-27(28)30-26(20-33)18-24-8-4-5-9-29(24)35-30)31(37)34-15-12-22-13-16-36(17-14-22)21-23-6-2-1-3-7-23/h1-11,18-19,22H,12-17,21H2,(H,34,37). The Morgan fingerprint density at radius 1 is 1.03 bits per heavy atom. The van der Waals surface area contributed by atoms with Gasteiger partial charge in [0, 0.05) is 29.6 Å². The second kappa shape index (κ2) is 11.6. The Morgan fingerprint density at radius 2 is 1.78 bits per heavy atom. The molecule has 6 heteroatoms. The van der Waals surface area contributed by atoms with Crippen LogP contribution < -0.4 is 5.32 Å². The maximum Gasteiger partial charge on any atom is 0.251 e. The Bertz CT molecular complexity index is 1440. The average Bonchev–Trinajstić information content (AvgIpc) is 2.94. The van der Waals surface area contributed by atoms with Gasteiger partial charge in [-0.05, 0) is 74.2 Å². The van der Waals surface area contributed by atoms with E-state index in [-0.39, 0.29) is 5.91 Å². The van der Waals surface area contributed by atoms with E-state index in [9.17, 15) is 10.1 Å². The average molecular weight is 509 g/mol. The topological polar surface area (TPSA) is 69.0 Å². The molecule has 0 radical (unpaired) electrons. The van der Waals surface area contributed by atoms with Crippen LogP contribution in [-0.2, 0) is 6.54 Å². The summed E-state index contributed by atoms with van der Waals surface area (Å²) in [6.45, 7) is 3.82. The molecule has 3 aromatic carbocycles. The van der Waals surface area contributed by atoms with Crippen LogP contribution in [0.2, 0.25) is 5.02 Å². The Kier molecular flexibility index (Phi) is 7.79. The number of pyridine rings is 1. The summed E-state index contributed by atoms with van der Waals surface area (Å²) >= 11 is 6.50. The van der Waals surface area contributed by atoms with Crippen molar-refractivity contribution >= 4 is 28.4 Å². The van der Waals surface area contributed by atoms with E-state index < -0.39 is 0 Å². The summed E-state index contributed by atoms with van der Waals surface area (Å²) < 4.78 is 0. The van der Waals surface area contributed by atoms with Gasteiger partial charge in [0.15, 0.2) is 0 Å². The highest BCUT2D eigenvalue weighted by atomic mass is 35.5. The molecular weight excluding hydrogens is 480 g/mol. The van der Waals surface area contributed by atoms with Gasteiger partial charge in [-0.3, -0.25) is 9.69 Å². The number of fused-ring (bicyclic) bond motifs is 1. The smallest absolute Gasteiger partial charge is 0.251 e. The summed E-state index contributed by atoms with van der Waals surface area (Å²) in [4.78, 5) is 20.2. The highest BCUT2D eigenvalue weighted by Crippen LogP contribution is 2.32. The number of amides is 1. The molecule has 1 fully saturated rings. The number of piperidine rings is 1. The van der Waals surface area contributed by atoms with Crippen LogP contribution in [0.1, 0.15) is 40.7 Å². The maximum atomic E-state index is 13.0. The van der Waals surface area contributed by atoms with Gasteiger partial charge < -0.3 is 5.32 Å². The highest BCUT2D eigenvalue weighted by Gasteiger charge is 2.20. The van der Waals surface area contributed by atoms with Gasteiger partial charge in [-0.25, -0.2) is 4.98 Å². The molecule has 0 aliphatic carbocycles. The first-order chi connectivity index (χ1) is 18.1. The summed E-state index contributed by atoms with van der Waals surface area (Å²) in [5, 5.41) is 14.1. The van der Waals surface area contributed by atoms with Crippen LogP contribution in [0.3, 0.4) is 0 Å². The van der Waals surface area contributed by atoms with E-state index in [0.717, 1.165) is 49.8 Å². The van der Waals surface area contributed by atoms with Gasteiger partial charge in [0.2, 0.25) is 0 Å². The van der Waals surface area contributed by atoms with Crippen LogP contribution in [-0.4, -0.2) is 35.4 Å². The van der Waals surface area contributed by atoms with Gasteiger partial charge in [0.25, 0.3) is 5.91 Å². The third kappa shape index (κ3) is 5.99. The number of likely N-dealkylation sites (tertiary alicyclic amines) is 1. The fourth-order valence-corrected chi connectivity index (χ4v) is 5.23. The summed E-state index contributed by atoms with van der Waals surface area (Å²) in [6.07, 6.45) is 3.27. The number of benzene rings is 3. The van der Waals surface area contributed by atoms with Crippen LogP contribution in [0.25, 0.3) is 22.2 Å². The van der Waals surface area contributed by atoms with Gasteiger partial charge in [0.1, 0.15) is 6.07 Å². The summed E-state index contributed by atoms with van der Waals surface area (Å²) in [5.74, 6) is 0.479. The van der Waals surface area contributed by atoms with E-state index in [1.54, 1.807) is 18.2 Å². The molecule has 1 saturated heterocycles. The predicted octanol–water partition coefficient (Wildman–Crippen LogP) is 6.46. The molecular formula is C31H29ClN4O. The zero-order valence-electron chi connectivity index (χ0n) is 20.7. The van der Waals surface area contributed by atoms with Crippen molar-refractivity contribution in [3.05, 3.63) is 101 Å². The van der Waals surface area contributed by atoms with Crippen molar-refractivity contribution in [1.29, 1.82) is 5.26 Å². The first kappa shape index (κ1) is 25.0. The quantitative estimate of drug-likeness (QED) is 0.311. The Morgan fingerprint density at radius 3 is 2.57 bits per heavy atom. The number of nitriles is 1. The van der Waals surface area contributed by atoms with E-state index in [4.69, 9.17) is 16.6 Å². The summed E-state index contributed by atoms with van der Waals surface area (Å²) in [5.41, 5.74) is 4.15. The first-order valence-electron chi connectivity index (χ1n) is 12.7. The number of carbonyl (C=O) groups excluding carboxylic acids is 1. The molecule has 0 atom stereocenters. The molecule has 1 aromatic heterocycles. The minimum atomic E-state index is -0.140. The lowest BCUT2D eigenvalue weighted by Crippen LogP contribution is -2.34. The largest absolute Gasteiger partial charge is 0.352 e. The number of halogens is 1. The van der Waals surface area contributed by atoms with Crippen LogP contribution in [0, 0.1) is 17.2 Å². The lowest BCUT2D eigenvalue weighted by atomic mass is 9.93. The van der Waals surface area contributed by atoms with E-state index in [2.05, 4.69) is 46.6 Å². The molecule has 1 aliphatic rings. The van der Waals surface area contributed by atoms with E-state index >= 15 is 0 Å². The fourth-order valence-electron chi connectivity index (χ4n) is 5.02. The van der Waals surface area contributed by atoms with Gasteiger partial charge in [-0.2, -0.15) is 5.26 Å². The number of para-hydroxylation sites is 1. The second-order valence-electron chi connectivity index (χ2n) is 9.63. The van der Waals surface area contributed by atoms with Gasteiger partial charge >= 0.3 is 0 Å². The molecule has 5 nitrogen and oxygen atoms in total. The molecule has 1 amide bonds.